The van der Waals surface area contributed by atoms with Crippen molar-refractivity contribution in [2.45, 2.75) is 63.4 Å². The molecule has 2 aliphatic rings. The first-order chi connectivity index (χ1) is 10.5. The lowest BCUT2D eigenvalue weighted by Gasteiger charge is -2.35. The third-order valence-corrected chi connectivity index (χ3v) is 5.99. The van der Waals surface area contributed by atoms with Gasteiger partial charge >= 0.3 is 0 Å². The fourth-order valence-corrected chi connectivity index (χ4v) is 4.69. The molecule has 7 heteroatoms. The smallest absolute Gasteiger partial charge is 0.232 e. The van der Waals surface area contributed by atoms with Crippen molar-refractivity contribution in [2.24, 2.45) is 0 Å². The average molecular weight is 360 g/mol. The van der Waals surface area contributed by atoms with E-state index in [2.05, 4.69) is 10.5 Å². The molecule has 3 heterocycles. The first-order valence-corrected chi connectivity index (χ1v) is 9.21. The van der Waals surface area contributed by atoms with Crippen LogP contribution in [0.4, 0.5) is 0 Å². The van der Waals surface area contributed by atoms with Crippen LogP contribution in [0.25, 0.3) is 0 Å². The highest BCUT2D eigenvalue weighted by Crippen LogP contribution is 2.29. The number of rotatable bonds is 5. The molecule has 0 aromatic carbocycles. The van der Waals surface area contributed by atoms with E-state index in [9.17, 15) is 4.79 Å². The van der Waals surface area contributed by atoms with E-state index in [-0.39, 0.29) is 18.3 Å². The summed E-state index contributed by atoms with van der Waals surface area (Å²) in [7, 11) is 1.97. The molecule has 0 saturated carbocycles. The van der Waals surface area contributed by atoms with Crippen LogP contribution in [0.1, 0.15) is 42.7 Å². The molecule has 2 unspecified atom stereocenters. The van der Waals surface area contributed by atoms with E-state index in [4.69, 9.17) is 4.52 Å². The topological polar surface area (TPSA) is 58.4 Å². The molecule has 2 aliphatic heterocycles. The van der Waals surface area contributed by atoms with Gasteiger partial charge in [0.25, 0.3) is 0 Å². The zero-order valence-corrected chi connectivity index (χ0v) is 15.6. The molecule has 2 saturated heterocycles. The summed E-state index contributed by atoms with van der Waals surface area (Å²) in [5.74, 6) is 2.42. The van der Waals surface area contributed by atoms with Crippen LogP contribution in [0, 0.1) is 13.8 Å². The molecule has 2 bridgehead atoms. The van der Waals surface area contributed by atoms with Crippen molar-refractivity contribution in [3.63, 3.8) is 0 Å². The van der Waals surface area contributed by atoms with Crippen molar-refractivity contribution >= 4 is 30.1 Å². The van der Waals surface area contributed by atoms with Crippen LogP contribution in [0.15, 0.2) is 4.52 Å². The van der Waals surface area contributed by atoms with Gasteiger partial charge in [-0.1, -0.05) is 5.16 Å². The van der Waals surface area contributed by atoms with Gasteiger partial charge in [-0.2, -0.15) is 0 Å². The van der Waals surface area contributed by atoms with Gasteiger partial charge in [0.15, 0.2) is 0 Å². The van der Waals surface area contributed by atoms with E-state index >= 15 is 0 Å². The Bertz CT molecular complexity index is 520. The van der Waals surface area contributed by atoms with Crippen molar-refractivity contribution in [3.8, 4) is 0 Å². The molecule has 0 spiro atoms. The monoisotopic (exact) mass is 359 g/mol. The van der Waals surface area contributed by atoms with E-state index in [0.29, 0.717) is 23.9 Å². The Morgan fingerprint density at radius 1 is 1.35 bits per heavy atom. The van der Waals surface area contributed by atoms with Gasteiger partial charge < -0.3 is 14.7 Å². The Morgan fingerprint density at radius 3 is 2.57 bits per heavy atom. The summed E-state index contributed by atoms with van der Waals surface area (Å²) in [4.78, 5) is 14.4. The molecule has 0 aliphatic carbocycles. The number of hydrogen-bond acceptors (Lipinski definition) is 5. The summed E-state index contributed by atoms with van der Waals surface area (Å²) < 4.78 is 5.16. The number of aromatic nitrogens is 1. The molecule has 5 nitrogen and oxygen atoms in total. The lowest BCUT2D eigenvalue weighted by atomic mass is 9.98. The maximum absolute atomic E-state index is 12.4. The van der Waals surface area contributed by atoms with Crippen molar-refractivity contribution in [1.29, 1.82) is 0 Å². The molecular weight excluding hydrogens is 334 g/mol. The second-order valence-electron chi connectivity index (χ2n) is 6.56. The van der Waals surface area contributed by atoms with Crippen LogP contribution in [0.5, 0.6) is 0 Å². The minimum atomic E-state index is 0. The summed E-state index contributed by atoms with van der Waals surface area (Å²) in [6.45, 7) is 3.87. The molecule has 1 N–H and O–H groups in total. The number of carbonyl (C=O) groups is 1. The quantitative estimate of drug-likeness (QED) is 0.875. The lowest BCUT2D eigenvalue weighted by Crippen LogP contribution is -2.49. The van der Waals surface area contributed by atoms with Crippen molar-refractivity contribution < 1.29 is 9.32 Å². The standard InChI is InChI=1S/C16H25N3O2S.ClH/c1-10-15(11(2)21-18-10)8-22-9-16(20)19(3)14-6-12-4-5-13(7-14)17-12;/h12-14,17H,4-9H2,1-3H3;1H. The van der Waals surface area contributed by atoms with Gasteiger partial charge in [0.05, 0.1) is 11.4 Å². The maximum Gasteiger partial charge on any atom is 0.232 e. The Morgan fingerprint density at radius 2 is 2.00 bits per heavy atom. The van der Waals surface area contributed by atoms with Crippen LogP contribution in [0.3, 0.4) is 0 Å². The fraction of sp³-hybridized carbons (Fsp3) is 0.750. The van der Waals surface area contributed by atoms with E-state index in [1.54, 1.807) is 11.8 Å². The number of hydrogen-bond donors (Lipinski definition) is 1. The Balaban J connectivity index is 0.00000192. The second-order valence-corrected chi connectivity index (χ2v) is 7.55. The first kappa shape index (κ1) is 18.6. The Labute approximate surface area is 148 Å². The highest BCUT2D eigenvalue weighted by Gasteiger charge is 2.36. The Kier molecular flexibility index (Phi) is 6.40. The highest BCUT2D eigenvalue weighted by atomic mass is 35.5. The van der Waals surface area contributed by atoms with Gasteiger partial charge in [0, 0.05) is 36.5 Å². The summed E-state index contributed by atoms with van der Waals surface area (Å²) in [5, 5.41) is 7.58. The van der Waals surface area contributed by atoms with Crippen molar-refractivity contribution in [3.05, 3.63) is 17.0 Å². The summed E-state index contributed by atoms with van der Waals surface area (Å²) in [5.41, 5.74) is 2.06. The Hall–Kier alpha value is -0.720. The van der Waals surface area contributed by atoms with Crippen LogP contribution in [0.2, 0.25) is 0 Å². The second kappa shape index (κ2) is 7.90. The number of halogens is 1. The third-order valence-electron chi connectivity index (χ3n) is 5.04. The number of carbonyl (C=O) groups excluding carboxylic acids is 1. The molecule has 130 valence electrons. The summed E-state index contributed by atoms with van der Waals surface area (Å²) in [6, 6.07) is 1.65. The number of amides is 1. The number of nitrogens with zero attached hydrogens (tertiary/aromatic N) is 2. The van der Waals surface area contributed by atoms with Crippen LogP contribution >= 0.6 is 24.2 Å². The van der Waals surface area contributed by atoms with Crippen molar-refractivity contribution in [1.82, 2.24) is 15.4 Å². The molecule has 0 radical (unpaired) electrons. The predicted octanol–water partition coefficient (Wildman–Crippen LogP) is 2.69. The molecular formula is C16H26ClN3O2S. The van der Waals surface area contributed by atoms with E-state index in [1.165, 1.54) is 12.8 Å². The number of fused-ring (bicyclic) bond motifs is 2. The van der Waals surface area contributed by atoms with E-state index < -0.39 is 0 Å². The fourth-order valence-electron chi connectivity index (χ4n) is 3.60. The average Bonchev–Trinajstić information content (AvgIpc) is 3.01. The predicted molar refractivity (Wildman–Crippen MR) is 95.1 cm³/mol. The molecule has 2 atom stereocenters. The van der Waals surface area contributed by atoms with Gasteiger partial charge in [-0.15, -0.1) is 24.2 Å². The minimum absolute atomic E-state index is 0. The van der Waals surface area contributed by atoms with E-state index in [0.717, 1.165) is 35.6 Å². The molecule has 1 aromatic rings. The third kappa shape index (κ3) is 4.22. The molecule has 2 fully saturated rings. The first-order valence-electron chi connectivity index (χ1n) is 8.05. The lowest BCUT2D eigenvalue weighted by molar-refractivity contribution is -0.129. The van der Waals surface area contributed by atoms with Crippen LogP contribution < -0.4 is 5.32 Å². The van der Waals surface area contributed by atoms with Crippen LogP contribution in [-0.2, 0) is 10.5 Å². The zero-order valence-electron chi connectivity index (χ0n) is 14.0. The normalized spacial score (nSPS) is 26.0. The number of aryl methyl sites for hydroxylation is 2. The van der Waals surface area contributed by atoms with Crippen LogP contribution in [-0.4, -0.2) is 46.9 Å². The molecule has 3 rings (SSSR count). The van der Waals surface area contributed by atoms with Gasteiger partial charge in [-0.3, -0.25) is 4.79 Å². The number of piperidine rings is 1. The van der Waals surface area contributed by atoms with E-state index in [1.807, 2.05) is 25.8 Å². The maximum atomic E-state index is 12.4. The van der Waals surface area contributed by atoms with Gasteiger partial charge in [0.2, 0.25) is 5.91 Å². The molecule has 23 heavy (non-hydrogen) atoms. The van der Waals surface area contributed by atoms with Crippen molar-refractivity contribution in [2.75, 3.05) is 12.8 Å². The van der Waals surface area contributed by atoms with Gasteiger partial charge in [-0.25, -0.2) is 0 Å². The summed E-state index contributed by atoms with van der Waals surface area (Å²) in [6.07, 6.45) is 4.74. The number of thioether (sulfide) groups is 1. The largest absolute Gasteiger partial charge is 0.361 e. The molecule has 1 amide bonds. The highest BCUT2D eigenvalue weighted by molar-refractivity contribution is 7.99. The zero-order chi connectivity index (χ0) is 15.7. The van der Waals surface area contributed by atoms with Gasteiger partial charge in [-0.05, 0) is 39.5 Å². The SMILES string of the molecule is Cc1noc(C)c1CSCC(=O)N(C)C1CC2CCC(C1)N2.Cl. The number of nitrogens with one attached hydrogen (secondary N) is 1. The minimum Gasteiger partial charge on any atom is -0.361 e. The molecule has 1 aromatic heterocycles. The summed E-state index contributed by atoms with van der Waals surface area (Å²) >= 11 is 1.65. The van der Waals surface area contributed by atoms with Gasteiger partial charge in [0.1, 0.15) is 5.76 Å².